The minimum atomic E-state index is 0.00299. The maximum Gasteiger partial charge on any atom is 0.246 e. The first-order valence-electron chi connectivity index (χ1n) is 9.78. The molecule has 0 bridgehead atoms. The van der Waals surface area contributed by atoms with Crippen molar-refractivity contribution in [3.63, 3.8) is 0 Å². The highest BCUT2D eigenvalue weighted by molar-refractivity contribution is 5.92. The Morgan fingerprint density at radius 2 is 1.86 bits per heavy atom. The number of likely N-dealkylation sites (tertiary alicyclic amines) is 1. The van der Waals surface area contributed by atoms with Crippen LogP contribution in [-0.2, 0) is 9.59 Å². The van der Waals surface area contributed by atoms with Gasteiger partial charge in [0.2, 0.25) is 11.8 Å². The maximum absolute atomic E-state index is 12.6. The van der Waals surface area contributed by atoms with Gasteiger partial charge in [0.15, 0.2) is 0 Å². The second kappa shape index (κ2) is 8.87. The van der Waals surface area contributed by atoms with Crippen molar-refractivity contribution in [3.8, 4) is 5.69 Å². The number of piperidine rings is 1. The molecule has 2 aromatic rings. The van der Waals surface area contributed by atoms with Crippen LogP contribution in [0.5, 0.6) is 0 Å². The van der Waals surface area contributed by atoms with Crippen LogP contribution in [0.2, 0.25) is 0 Å². The van der Waals surface area contributed by atoms with Gasteiger partial charge in [-0.2, -0.15) is 5.10 Å². The number of carbonyl (C=O) groups is 2. The predicted molar refractivity (Wildman–Crippen MR) is 110 cm³/mol. The van der Waals surface area contributed by atoms with Gasteiger partial charge in [-0.1, -0.05) is 18.2 Å². The van der Waals surface area contributed by atoms with E-state index < -0.39 is 0 Å². The summed E-state index contributed by atoms with van der Waals surface area (Å²) in [5.74, 6) is 0.484. The van der Waals surface area contributed by atoms with Crippen molar-refractivity contribution in [1.29, 1.82) is 0 Å². The Hall–Kier alpha value is -2.89. The third-order valence-corrected chi connectivity index (χ3v) is 5.31. The molecule has 0 saturated carbocycles. The summed E-state index contributed by atoms with van der Waals surface area (Å²) < 4.78 is 1.91. The van der Waals surface area contributed by atoms with Crippen LogP contribution in [0.3, 0.4) is 0 Å². The van der Waals surface area contributed by atoms with Crippen molar-refractivity contribution in [1.82, 2.24) is 20.0 Å². The molecule has 0 spiro atoms. The third-order valence-electron chi connectivity index (χ3n) is 5.31. The summed E-state index contributed by atoms with van der Waals surface area (Å²) in [6.45, 7) is 7.68. The Kier molecular flexibility index (Phi) is 6.29. The molecule has 148 valence electrons. The van der Waals surface area contributed by atoms with Gasteiger partial charge in [-0.25, -0.2) is 4.68 Å². The van der Waals surface area contributed by atoms with E-state index in [1.54, 1.807) is 6.08 Å². The molecule has 1 aliphatic heterocycles. The number of rotatable bonds is 5. The van der Waals surface area contributed by atoms with Gasteiger partial charge < -0.3 is 10.2 Å². The Bertz CT molecular complexity index is 862. The van der Waals surface area contributed by atoms with E-state index >= 15 is 0 Å². The molecule has 1 saturated heterocycles. The van der Waals surface area contributed by atoms with Gasteiger partial charge in [-0.15, -0.1) is 0 Å². The normalized spacial score (nSPS) is 15.2. The van der Waals surface area contributed by atoms with E-state index in [1.165, 1.54) is 6.92 Å². The quantitative estimate of drug-likeness (QED) is 0.811. The number of carbonyl (C=O) groups excluding carboxylic acids is 2. The van der Waals surface area contributed by atoms with Crippen LogP contribution in [0.1, 0.15) is 36.7 Å². The lowest BCUT2D eigenvalue weighted by molar-refractivity contribution is -0.127. The molecule has 6 heteroatoms. The van der Waals surface area contributed by atoms with E-state index in [2.05, 4.69) is 10.4 Å². The molecule has 0 aliphatic carbocycles. The number of hydrogen-bond acceptors (Lipinski definition) is 3. The highest BCUT2D eigenvalue weighted by atomic mass is 16.2. The largest absolute Gasteiger partial charge is 0.356 e. The van der Waals surface area contributed by atoms with Crippen molar-refractivity contribution in [3.05, 3.63) is 53.4 Å². The van der Waals surface area contributed by atoms with Crippen LogP contribution >= 0.6 is 0 Å². The van der Waals surface area contributed by atoms with Gasteiger partial charge in [0.25, 0.3) is 0 Å². The van der Waals surface area contributed by atoms with Gasteiger partial charge >= 0.3 is 0 Å². The number of aromatic nitrogens is 2. The molecule has 3 rings (SSSR count). The lowest BCUT2D eigenvalue weighted by Crippen LogP contribution is -2.40. The minimum absolute atomic E-state index is 0.00299. The first kappa shape index (κ1) is 19.9. The van der Waals surface area contributed by atoms with Crippen LogP contribution in [0.25, 0.3) is 11.8 Å². The highest BCUT2D eigenvalue weighted by Gasteiger charge is 2.21. The van der Waals surface area contributed by atoms with E-state index in [9.17, 15) is 9.59 Å². The molecular weight excluding hydrogens is 352 g/mol. The molecule has 0 unspecified atom stereocenters. The molecule has 1 fully saturated rings. The summed E-state index contributed by atoms with van der Waals surface area (Å²) in [5.41, 5.74) is 3.91. The second-order valence-corrected chi connectivity index (χ2v) is 7.37. The van der Waals surface area contributed by atoms with Crippen LogP contribution in [0.4, 0.5) is 0 Å². The summed E-state index contributed by atoms with van der Waals surface area (Å²) in [5, 5.41) is 7.49. The molecule has 0 atom stereocenters. The molecule has 2 amide bonds. The molecular formula is C22H28N4O2. The SMILES string of the molecule is CC(=O)NCC1CCN(C(=O)/C=C/c2c(C)nn(-c3ccccc3)c2C)CC1. The average molecular weight is 380 g/mol. The summed E-state index contributed by atoms with van der Waals surface area (Å²) in [6.07, 6.45) is 5.37. The number of nitrogens with zero attached hydrogens (tertiary/aromatic N) is 3. The number of hydrogen-bond donors (Lipinski definition) is 1. The van der Waals surface area contributed by atoms with Gasteiger partial charge in [0, 0.05) is 43.9 Å². The van der Waals surface area contributed by atoms with Crippen LogP contribution in [0.15, 0.2) is 36.4 Å². The zero-order valence-electron chi connectivity index (χ0n) is 16.8. The summed E-state index contributed by atoms with van der Waals surface area (Å²) in [6, 6.07) is 9.99. The molecule has 1 N–H and O–H groups in total. The first-order valence-corrected chi connectivity index (χ1v) is 9.78. The van der Waals surface area contributed by atoms with Crippen molar-refractivity contribution < 1.29 is 9.59 Å². The summed E-state index contributed by atoms with van der Waals surface area (Å²) >= 11 is 0. The number of amides is 2. The van der Waals surface area contributed by atoms with Gasteiger partial charge in [-0.3, -0.25) is 9.59 Å². The molecule has 0 radical (unpaired) electrons. The number of para-hydroxylation sites is 1. The lowest BCUT2D eigenvalue weighted by Gasteiger charge is -2.31. The average Bonchev–Trinajstić information content (AvgIpc) is 2.99. The van der Waals surface area contributed by atoms with E-state index in [1.807, 2.05) is 59.8 Å². The van der Waals surface area contributed by atoms with Crippen LogP contribution in [-0.4, -0.2) is 46.1 Å². The van der Waals surface area contributed by atoms with Crippen molar-refractivity contribution in [2.45, 2.75) is 33.6 Å². The number of nitrogens with one attached hydrogen (secondary N) is 1. The molecule has 6 nitrogen and oxygen atoms in total. The topological polar surface area (TPSA) is 67.2 Å². The highest BCUT2D eigenvalue weighted by Crippen LogP contribution is 2.20. The molecule has 1 aromatic carbocycles. The lowest BCUT2D eigenvalue weighted by atomic mass is 9.96. The fraction of sp³-hybridized carbons (Fsp3) is 0.409. The Balaban J connectivity index is 1.62. The minimum Gasteiger partial charge on any atom is -0.356 e. The molecule has 1 aromatic heterocycles. The van der Waals surface area contributed by atoms with Crippen molar-refractivity contribution >= 4 is 17.9 Å². The zero-order chi connectivity index (χ0) is 20.1. The van der Waals surface area contributed by atoms with E-state index in [0.717, 1.165) is 48.6 Å². The maximum atomic E-state index is 12.6. The predicted octanol–water partition coefficient (Wildman–Crippen LogP) is 2.88. The molecule has 28 heavy (non-hydrogen) atoms. The number of aryl methyl sites for hydroxylation is 1. The van der Waals surface area contributed by atoms with Gasteiger partial charge in [0.05, 0.1) is 11.4 Å². The Morgan fingerprint density at radius 1 is 1.18 bits per heavy atom. The third kappa shape index (κ3) is 4.68. The van der Waals surface area contributed by atoms with Crippen LogP contribution < -0.4 is 5.32 Å². The fourth-order valence-corrected chi connectivity index (χ4v) is 3.62. The summed E-state index contributed by atoms with van der Waals surface area (Å²) in [7, 11) is 0. The monoisotopic (exact) mass is 380 g/mol. The fourth-order valence-electron chi connectivity index (χ4n) is 3.62. The second-order valence-electron chi connectivity index (χ2n) is 7.37. The van der Waals surface area contributed by atoms with E-state index in [4.69, 9.17) is 0 Å². The smallest absolute Gasteiger partial charge is 0.246 e. The standard InChI is InChI=1S/C22H28N4O2/c1-16-21(17(2)26(24-16)20-7-5-4-6-8-20)9-10-22(28)25-13-11-19(12-14-25)15-23-18(3)27/h4-10,19H,11-15H2,1-3H3,(H,23,27)/b10-9+. The zero-order valence-corrected chi connectivity index (χ0v) is 16.8. The summed E-state index contributed by atoms with van der Waals surface area (Å²) in [4.78, 5) is 25.5. The van der Waals surface area contributed by atoms with E-state index in [-0.39, 0.29) is 11.8 Å². The molecule has 1 aliphatic rings. The Morgan fingerprint density at radius 3 is 2.50 bits per heavy atom. The van der Waals surface area contributed by atoms with Gasteiger partial charge in [0.1, 0.15) is 0 Å². The van der Waals surface area contributed by atoms with Crippen molar-refractivity contribution in [2.24, 2.45) is 5.92 Å². The van der Waals surface area contributed by atoms with Gasteiger partial charge in [-0.05, 0) is 50.8 Å². The van der Waals surface area contributed by atoms with Crippen LogP contribution in [0, 0.1) is 19.8 Å². The Labute approximate surface area is 166 Å². The van der Waals surface area contributed by atoms with Crippen molar-refractivity contribution in [2.75, 3.05) is 19.6 Å². The van der Waals surface area contributed by atoms with E-state index in [0.29, 0.717) is 12.5 Å². The number of benzene rings is 1. The molecule has 2 heterocycles. The first-order chi connectivity index (χ1) is 13.5.